The van der Waals surface area contributed by atoms with Gasteiger partial charge in [0.2, 0.25) is 11.9 Å². The lowest BCUT2D eigenvalue weighted by atomic mass is 9.96. The number of fused-ring (bicyclic) bond motifs is 1. The maximum Gasteiger partial charge on any atom is 0.228 e. The number of nitrogen functional groups attached to an aromatic ring is 1. The number of pyridine rings is 2. The van der Waals surface area contributed by atoms with Gasteiger partial charge in [0.15, 0.2) is 0 Å². The van der Waals surface area contributed by atoms with Crippen LogP contribution in [0.1, 0.15) is 12.8 Å². The molecule has 1 saturated heterocycles. The highest BCUT2D eigenvalue weighted by Crippen LogP contribution is 2.24. The Morgan fingerprint density at radius 2 is 1.74 bits per heavy atom. The molecule has 0 radical (unpaired) electrons. The van der Waals surface area contributed by atoms with E-state index in [0.717, 1.165) is 48.0 Å². The second-order valence-electron chi connectivity index (χ2n) is 6.88. The van der Waals surface area contributed by atoms with Crippen molar-refractivity contribution in [2.45, 2.75) is 12.8 Å². The van der Waals surface area contributed by atoms with Gasteiger partial charge in [-0.05, 0) is 45.1 Å². The zero-order valence-electron chi connectivity index (χ0n) is 15.1. The van der Waals surface area contributed by atoms with Crippen LogP contribution < -0.4 is 11.1 Å². The molecule has 138 valence electrons. The number of anilines is 2. The van der Waals surface area contributed by atoms with Crippen molar-refractivity contribution < 1.29 is 4.79 Å². The smallest absolute Gasteiger partial charge is 0.228 e. The van der Waals surface area contributed by atoms with Crippen LogP contribution in [-0.4, -0.2) is 50.9 Å². The van der Waals surface area contributed by atoms with Gasteiger partial charge in [0.1, 0.15) is 5.82 Å². The van der Waals surface area contributed by atoms with Crippen molar-refractivity contribution in [3.8, 4) is 11.1 Å². The maximum atomic E-state index is 12.5. The highest BCUT2D eigenvalue weighted by atomic mass is 16.1. The van der Waals surface area contributed by atoms with Gasteiger partial charge in [0.05, 0.1) is 11.7 Å². The Labute approximate surface area is 156 Å². The number of nitrogens with two attached hydrogens (primary N) is 1. The van der Waals surface area contributed by atoms with Gasteiger partial charge in [-0.25, -0.2) is 15.0 Å². The van der Waals surface area contributed by atoms with E-state index in [4.69, 9.17) is 5.73 Å². The van der Waals surface area contributed by atoms with Gasteiger partial charge >= 0.3 is 0 Å². The first kappa shape index (κ1) is 17.3. The number of piperidine rings is 1. The first-order chi connectivity index (χ1) is 13.1. The Bertz CT molecular complexity index is 965. The quantitative estimate of drug-likeness (QED) is 0.732. The van der Waals surface area contributed by atoms with E-state index in [-0.39, 0.29) is 17.8 Å². The van der Waals surface area contributed by atoms with Crippen molar-refractivity contribution >= 4 is 28.6 Å². The zero-order valence-corrected chi connectivity index (χ0v) is 15.1. The summed E-state index contributed by atoms with van der Waals surface area (Å²) >= 11 is 0. The lowest BCUT2D eigenvalue weighted by Gasteiger charge is -2.27. The fourth-order valence-corrected chi connectivity index (χ4v) is 3.24. The summed E-state index contributed by atoms with van der Waals surface area (Å²) in [5, 5.41) is 3.83. The molecule has 0 aromatic carbocycles. The third-order valence-electron chi connectivity index (χ3n) is 4.91. The number of amides is 1. The molecule has 0 aliphatic carbocycles. The average Bonchev–Trinajstić information content (AvgIpc) is 2.68. The van der Waals surface area contributed by atoms with Crippen LogP contribution in [0, 0.1) is 5.92 Å². The number of carbonyl (C=O) groups is 1. The predicted molar refractivity (Wildman–Crippen MR) is 104 cm³/mol. The number of carbonyl (C=O) groups excluding carboxylic acids is 1. The minimum absolute atomic E-state index is 0.0333. The van der Waals surface area contributed by atoms with Crippen LogP contribution in [0.3, 0.4) is 0 Å². The highest BCUT2D eigenvalue weighted by Gasteiger charge is 2.23. The molecule has 8 nitrogen and oxygen atoms in total. The second-order valence-corrected chi connectivity index (χ2v) is 6.88. The van der Waals surface area contributed by atoms with Gasteiger partial charge in [-0.3, -0.25) is 9.78 Å². The van der Waals surface area contributed by atoms with E-state index in [1.54, 1.807) is 24.8 Å². The molecule has 3 N–H and O–H groups in total. The van der Waals surface area contributed by atoms with Crippen molar-refractivity contribution in [3.63, 3.8) is 0 Å². The molecule has 8 heteroatoms. The summed E-state index contributed by atoms with van der Waals surface area (Å²) in [5.74, 6) is 0.843. The van der Waals surface area contributed by atoms with E-state index in [9.17, 15) is 4.79 Å². The fourth-order valence-electron chi connectivity index (χ4n) is 3.24. The van der Waals surface area contributed by atoms with E-state index in [1.165, 1.54) is 0 Å². The monoisotopic (exact) mass is 363 g/mol. The average molecular weight is 363 g/mol. The van der Waals surface area contributed by atoms with Crippen molar-refractivity contribution in [2.75, 3.05) is 31.2 Å². The molecule has 4 rings (SSSR count). The molecule has 1 amide bonds. The molecule has 3 aromatic rings. The van der Waals surface area contributed by atoms with Gasteiger partial charge in [0.25, 0.3) is 0 Å². The topological polar surface area (TPSA) is 110 Å². The SMILES string of the molecule is CN1CCC(C(=O)Nc2cc3cc(-c4cnc(N)nc4)cnc3cn2)CC1. The number of nitrogens with zero attached hydrogens (tertiary/aromatic N) is 5. The first-order valence-corrected chi connectivity index (χ1v) is 8.91. The normalized spacial score (nSPS) is 15.7. The Morgan fingerprint density at radius 1 is 1.04 bits per heavy atom. The Morgan fingerprint density at radius 3 is 2.48 bits per heavy atom. The molecule has 0 unspecified atom stereocenters. The number of hydrogen-bond acceptors (Lipinski definition) is 7. The Kier molecular flexibility index (Phi) is 4.64. The van der Waals surface area contributed by atoms with Crippen LogP contribution in [0.2, 0.25) is 0 Å². The van der Waals surface area contributed by atoms with Crippen molar-refractivity contribution in [1.29, 1.82) is 0 Å². The first-order valence-electron chi connectivity index (χ1n) is 8.91. The molecular formula is C19H21N7O. The molecule has 27 heavy (non-hydrogen) atoms. The summed E-state index contributed by atoms with van der Waals surface area (Å²) in [6, 6.07) is 3.82. The minimum atomic E-state index is 0.0333. The molecule has 4 heterocycles. The van der Waals surface area contributed by atoms with Crippen molar-refractivity contribution in [2.24, 2.45) is 5.92 Å². The van der Waals surface area contributed by atoms with Gasteiger partial charge in [-0.15, -0.1) is 0 Å². The zero-order chi connectivity index (χ0) is 18.8. The van der Waals surface area contributed by atoms with Crippen LogP contribution in [-0.2, 0) is 4.79 Å². The molecule has 0 saturated carbocycles. The third kappa shape index (κ3) is 3.85. The molecule has 0 atom stereocenters. The Hall–Kier alpha value is -3.13. The Balaban J connectivity index is 1.55. The van der Waals surface area contributed by atoms with E-state index in [1.807, 2.05) is 12.1 Å². The van der Waals surface area contributed by atoms with Crippen LogP contribution in [0.4, 0.5) is 11.8 Å². The highest BCUT2D eigenvalue weighted by molar-refractivity contribution is 5.94. The van der Waals surface area contributed by atoms with Crippen LogP contribution in [0.15, 0.2) is 36.9 Å². The van der Waals surface area contributed by atoms with Gasteiger partial charge in [0, 0.05) is 41.0 Å². The molecule has 1 fully saturated rings. The summed E-state index contributed by atoms with van der Waals surface area (Å²) in [7, 11) is 2.08. The summed E-state index contributed by atoms with van der Waals surface area (Å²) in [4.78, 5) is 31.5. The molecule has 1 aliphatic rings. The van der Waals surface area contributed by atoms with Gasteiger partial charge in [-0.2, -0.15) is 0 Å². The molecular weight excluding hydrogens is 342 g/mol. The maximum absolute atomic E-state index is 12.5. The van der Waals surface area contributed by atoms with Gasteiger partial charge in [-0.1, -0.05) is 0 Å². The summed E-state index contributed by atoms with van der Waals surface area (Å²) < 4.78 is 0. The molecule has 0 bridgehead atoms. The van der Waals surface area contributed by atoms with Crippen LogP contribution in [0.5, 0.6) is 0 Å². The van der Waals surface area contributed by atoms with E-state index in [0.29, 0.717) is 5.82 Å². The minimum Gasteiger partial charge on any atom is -0.368 e. The van der Waals surface area contributed by atoms with Crippen molar-refractivity contribution in [1.82, 2.24) is 24.8 Å². The molecule has 0 spiro atoms. The van der Waals surface area contributed by atoms with Crippen molar-refractivity contribution in [3.05, 3.63) is 36.9 Å². The number of aromatic nitrogens is 4. The molecule has 1 aliphatic heterocycles. The van der Waals surface area contributed by atoms with E-state index < -0.39 is 0 Å². The number of nitrogens with one attached hydrogen (secondary N) is 1. The second kappa shape index (κ2) is 7.24. The molecule has 3 aromatic heterocycles. The third-order valence-corrected chi connectivity index (χ3v) is 4.91. The predicted octanol–water partition coefficient (Wildman–Crippen LogP) is 1.95. The van der Waals surface area contributed by atoms with E-state index in [2.05, 4.69) is 37.2 Å². The summed E-state index contributed by atoms with van der Waals surface area (Å²) in [5.41, 5.74) is 8.00. The standard InChI is InChI=1S/C19H21N7O/c1-26-4-2-12(3-5-26)18(27)25-17-7-13-6-14(8-21-16(13)11-22-17)15-9-23-19(20)24-10-15/h6-12H,2-5H2,1H3,(H2,20,23,24)(H,22,25,27). The largest absolute Gasteiger partial charge is 0.368 e. The number of hydrogen-bond donors (Lipinski definition) is 2. The fraction of sp³-hybridized carbons (Fsp3) is 0.316. The number of rotatable bonds is 3. The lowest BCUT2D eigenvalue weighted by Crippen LogP contribution is -2.36. The number of likely N-dealkylation sites (tertiary alicyclic amines) is 1. The summed E-state index contributed by atoms with van der Waals surface area (Å²) in [6.45, 7) is 1.89. The lowest BCUT2D eigenvalue weighted by molar-refractivity contribution is -0.121. The van der Waals surface area contributed by atoms with Gasteiger partial charge < -0.3 is 16.0 Å². The van der Waals surface area contributed by atoms with E-state index >= 15 is 0 Å². The summed E-state index contributed by atoms with van der Waals surface area (Å²) in [6.07, 6.45) is 8.49. The van der Waals surface area contributed by atoms with Crippen LogP contribution >= 0.6 is 0 Å². The van der Waals surface area contributed by atoms with Crippen LogP contribution in [0.25, 0.3) is 22.0 Å².